The van der Waals surface area contributed by atoms with Gasteiger partial charge in [0.2, 0.25) is 0 Å². The second-order valence-electron chi connectivity index (χ2n) is 18.0. The zero-order valence-corrected chi connectivity index (χ0v) is 35.5. The van der Waals surface area contributed by atoms with Crippen LogP contribution in [-0.2, 0) is 21.7 Å². The first-order valence-corrected chi connectivity index (χ1v) is 21.0. The molecule has 0 aromatic heterocycles. The molecule has 0 aliphatic carbocycles. The van der Waals surface area contributed by atoms with E-state index in [1.54, 1.807) is 0 Å². The number of benzene rings is 8. The van der Waals surface area contributed by atoms with Crippen molar-refractivity contribution in [1.29, 1.82) is 0 Å². The molecule has 0 bridgehead atoms. The molecule has 0 aliphatic rings. The minimum Gasteiger partial charge on any atom is -0.507 e. The summed E-state index contributed by atoms with van der Waals surface area (Å²) in [7, 11) is 0. The second kappa shape index (κ2) is 15.8. The third kappa shape index (κ3) is 6.90. The van der Waals surface area contributed by atoms with Crippen LogP contribution in [0.1, 0.15) is 97.2 Å². The van der Waals surface area contributed by atoms with Gasteiger partial charge in [-0.3, -0.25) is 0 Å². The average molecular weight is 783 g/mol. The van der Waals surface area contributed by atoms with Gasteiger partial charge in [-0.05, 0) is 79.6 Å². The number of phenols is 2. The summed E-state index contributed by atoms with van der Waals surface area (Å²) >= 11 is 0. The van der Waals surface area contributed by atoms with Crippen molar-refractivity contribution < 1.29 is 10.2 Å². The fourth-order valence-electron chi connectivity index (χ4n) is 9.38. The zero-order valence-electron chi connectivity index (χ0n) is 35.5. The minimum atomic E-state index is -0.784. The van der Waals surface area contributed by atoms with Crippen LogP contribution in [-0.4, -0.2) is 10.2 Å². The molecule has 60 heavy (non-hydrogen) atoms. The molecular formula is C58H54O2. The quantitative estimate of drug-likeness (QED) is 0.143. The fraction of sp³-hybridized carbons (Fsp3) is 0.172. The van der Waals surface area contributed by atoms with Gasteiger partial charge in [-0.25, -0.2) is 0 Å². The number of hydrogen-bond donors (Lipinski definition) is 2. The molecule has 0 atom stereocenters. The van der Waals surface area contributed by atoms with Crippen LogP contribution in [0.25, 0.3) is 11.1 Å². The molecular weight excluding hydrogens is 729 g/mol. The van der Waals surface area contributed by atoms with Crippen LogP contribution in [0.2, 0.25) is 0 Å². The Hall–Kier alpha value is -6.64. The maximum absolute atomic E-state index is 12.8. The molecule has 0 heterocycles. The lowest BCUT2D eigenvalue weighted by atomic mass is 9.63. The largest absolute Gasteiger partial charge is 0.507 e. The van der Waals surface area contributed by atoms with E-state index >= 15 is 0 Å². The van der Waals surface area contributed by atoms with Crippen molar-refractivity contribution in [1.82, 2.24) is 0 Å². The number of hydrogen-bond acceptors (Lipinski definition) is 2. The molecule has 0 aliphatic heterocycles. The van der Waals surface area contributed by atoms with Gasteiger partial charge in [0, 0.05) is 22.3 Å². The summed E-state index contributed by atoms with van der Waals surface area (Å²) in [6, 6.07) is 72.6. The molecule has 0 radical (unpaired) electrons. The standard InChI is InChI=1S/C58H54O2/c1-55(2,3)51-39-47(57(41-25-13-7-14-26-41,42-27-15-8-16-28-42)43-29-17-9-18-30-43)37-49(53(51)59)50-38-48(40-52(54(50)60)56(4,5)6)58(44-31-19-10-20-32-44,45-33-21-11-22-34-45)46-35-23-12-24-36-46/h7-40,59-60H,1-6H3. The molecule has 0 unspecified atom stereocenters. The number of rotatable bonds is 9. The molecule has 0 amide bonds. The Balaban J connectivity index is 1.56. The van der Waals surface area contributed by atoms with E-state index in [2.05, 4.69) is 248 Å². The Kier molecular flexibility index (Phi) is 10.6. The summed E-state index contributed by atoms with van der Waals surface area (Å²) in [6.07, 6.45) is 0. The lowest BCUT2D eigenvalue weighted by Gasteiger charge is -2.39. The first-order valence-electron chi connectivity index (χ1n) is 21.0. The highest BCUT2D eigenvalue weighted by Gasteiger charge is 2.42. The number of aromatic hydroxyl groups is 2. The number of phenolic OH excluding ortho intramolecular Hbond substituents is 2. The van der Waals surface area contributed by atoms with Gasteiger partial charge in [0.1, 0.15) is 11.5 Å². The van der Waals surface area contributed by atoms with E-state index in [9.17, 15) is 10.2 Å². The Bertz CT molecular complexity index is 2310. The molecule has 0 saturated heterocycles. The van der Waals surface area contributed by atoms with Gasteiger partial charge in [-0.2, -0.15) is 0 Å². The molecule has 2 nitrogen and oxygen atoms in total. The normalized spacial score (nSPS) is 12.3. The molecule has 8 aromatic rings. The van der Waals surface area contributed by atoms with Gasteiger partial charge in [-0.1, -0.05) is 224 Å². The van der Waals surface area contributed by atoms with Crippen LogP contribution in [0.4, 0.5) is 0 Å². The maximum Gasteiger partial charge on any atom is 0.127 e. The summed E-state index contributed by atoms with van der Waals surface area (Å²) in [5.41, 5.74) is 8.84. The highest BCUT2D eigenvalue weighted by Crippen LogP contribution is 2.54. The third-order valence-corrected chi connectivity index (χ3v) is 12.2. The summed E-state index contributed by atoms with van der Waals surface area (Å²) in [4.78, 5) is 0. The van der Waals surface area contributed by atoms with Crippen molar-refractivity contribution in [2.75, 3.05) is 0 Å². The fourth-order valence-corrected chi connectivity index (χ4v) is 9.38. The summed E-state index contributed by atoms with van der Waals surface area (Å²) in [5.74, 6) is 0.317. The van der Waals surface area contributed by atoms with E-state index in [1.807, 2.05) is 0 Å². The van der Waals surface area contributed by atoms with Crippen molar-refractivity contribution in [2.45, 2.75) is 63.2 Å². The molecule has 298 valence electrons. The lowest BCUT2D eigenvalue weighted by molar-refractivity contribution is 0.439. The molecule has 8 rings (SSSR count). The van der Waals surface area contributed by atoms with Crippen molar-refractivity contribution >= 4 is 0 Å². The lowest BCUT2D eigenvalue weighted by Crippen LogP contribution is -2.32. The topological polar surface area (TPSA) is 40.5 Å². The summed E-state index contributed by atoms with van der Waals surface area (Å²) in [5, 5.41) is 25.7. The smallest absolute Gasteiger partial charge is 0.127 e. The van der Waals surface area contributed by atoms with Gasteiger partial charge >= 0.3 is 0 Å². The Morgan fingerprint density at radius 2 is 0.467 bits per heavy atom. The first kappa shape index (κ1) is 40.2. The van der Waals surface area contributed by atoms with Gasteiger partial charge in [0.25, 0.3) is 0 Å². The monoisotopic (exact) mass is 782 g/mol. The van der Waals surface area contributed by atoms with Crippen molar-refractivity contribution in [2.24, 2.45) is 0 Å². The van der Waals surface area contributed by atoms with Gasteiger partial charge in [0.15, 0.2) is 0 Å². The average Bonchev–Trinajstić information content (AvgIpc) is 3.26. The molecule has 0 fully saturated rings. The van der Waals surface area contributed by atoms with Crippen molar-refractivity contribution in [3.05, 3.63) is 262 Å². The second-order valence-corrected chi connectivity index (χ2v) is 18.0. The van der Waals surface area contributed by atoms with Crippen LogP contribution in [0.3, 0.4) is 0 Å². The van der Waals surface area contributed by atoms with Crippen LogP contribution >= 0.6 is 0 Å². The van der Waals surface area contributed by atoms with Crippen LogP contribution < -0.4 is 0 Å². The van der Waals surface area contributed by atoms with Crippen LogP contribution in [0.5, 0.6) is 11.5 Å². The highest BCUT2D eigenvalue weighted by molar-refractivity contribution is 5.82. The maximum atomic E-state index is 12.8. The zero-order chi connectivity index (χ0) is 42.1. The van der Waals surface area contributed by atoms with Crippen LogP contribution in [0.15, 0.2) is 206 Å². The van der Waals surface area contributed by atoms with Gasteiger partial charge in [0.05, 0.1) is 10.8 Å². The summed E-state index contributed by atoms with van der Waals surface area (Å²) in [6.45, 7) is 12.9. The van der Waals surface area contributed by atoms with E-state index in [-0.39, 0.29) is 11.5 Å². The van der Waals surface area contributed by atoms with E-state index in [0.29, 0.717) is 11.1 Å². The Morgan fingerprint density at radius 3 is 0.650 bits per heavy atom. The van der Waals surface area contributed by atoms with Gasteiger partial charge in [-0.15, -0.1) is 0 Å². The molecule has 0 spiro atoms. The minimum absolute atomic E-state index is 0.159. The third-order valence-electron chi connectivity index (χ3n) is 12.2. The predicted molar refractivity (Wildman–Crippen MR) is 249 cm³/mol. The SMILES string of the molecule is CC(C)(C)c1cc(C(c2ccccc2)(c2ccccc2)c2ccccc2)cc(-c2cc(C(c3ccccc3)(c3ccccc3)c3ccccc3)cc(C(C)(C)C)c2O)c1O. The van der Waals surface area contributed by atoms with Crippen LogP contribution in [0, 0.1) is 0 Å². The highest BCUT2D eigenvalue weighted by atomic mass is 16.3. The van der Waals surface area contributed by atoms with Crippen molar-refractivity contribution in [3.63, 3.8) is 0 Å². The van der Waals surface area contributed by atoms with E-state index < -0.39 is 21.7 Å². The van der Waals surface area contributed by atoms with E-state index in [4.69, 9.17) is 0 Å². The summed E-state index contributed by atoms with van der Waals surface area (Å²) < 4.78 is 0. The molecule has 0 saturated carbocycles. The Labute approximate surface area is 356 Å². The Morgan fingerprint density at radius 1 is 0.267 bits per heavy atom. The first-order chi connectivity index (χ1) is 28.9. The molecule has 2 heteroatoms. The van der Waals surface area contributed by atoms with Gasteiger partial charge < -0.3 is 10.2 Å². The molecule has 8 aromatic carbocycles. The molecule has 2 N–H and O–H groups in total. The van der Waals surface area contributed by atoms with Crippen molar-refractivity contribution in [3.8, 4) is 22.6 Å². The van der Waals surface area contributed by atoms with E-state index in [0.717, 1.165) is 55.6 Å². The predicted octanol–water partition coefficient (Wildman–Crippen LogP) is 14.1. The van der Waals surface area contributed by atoms with E-state index in [1.165, 1.54) is 0 Å².